The van der Waals surface area contributed by atoms with Gasteiger partial charge < -0.3 is 15.5 Å². The summed E-state index contributed by atoms with van der Waals surface area (Å²) in [6, 6.07) is 1.52. The molecule has 5 nitrogen and oxygen atoms in total. The van der Waals surface area contributed by atoms with Gasteiger partial charge in [-0.2, -0.15) is 0 Å². The summed E-state index contributed by atoms with van der Waals surface area (Å²) in [5, 5.41) is 0. The van der Waals surface area contributed by atoms with E-state index in [4.69, 9.17) is 5.73 Å². The van der Waals surface area contributed by atoms with Gasteiger partial charge in [0.1, 0.15) is 18.2 Å². The number of halogens is 2. The van der Waals surface area contributed by atoms with Gasteiger partial charge in [0.2, 0.25) is 5.91 Å². The first-order valence-corrected chi connectivity index (χ1v) is 6.51. The average molecular weight is 299 g/mol. The number of nitrogen functional groups attached to an aromatic ring is 1. The molecule has 0 saturated heterocycles. The number of nitrogens with two attached hydrogens (primary N) is 1. The van der Waals surface area contributed by atoms with Crippen molar-refractivity contribution in [3.05, 3.63) is 29.3 Å². The van der Waals surface area contributed by atoms with Crippen molar-refractivity contribution in [3.8, 4) is 0 Å². The zero-order valence-corrected chi connectivity index (χ0v) is 12.3. The minimum atomic E-state index is -0.995. The highest BCUT2D eigenvalue weighted by Gasteiger charge is 2.23. The van der Waals surface area contributed by atoms with Crippen molar-refractivity contribution in [1.82, 2.24) is 9.80 Å². The lowest BCUT2D eigenvalue weighted by molar-refractivity contribution is -0.129. The molecule has 0 aliphatic rings. The molecule has 0 aliphatic carbocycles. The second-order valence-electron chi connectivity index (χ2n) is 4.87. The Labute approximate surface area is 122 Å². The van der Waals surface area contributed by atoms with Gasteiger partial charge in [0, 0.05) is 26.7 Å². The van der Waals surface area contributed by atoms with Gasteiger partial charge in [0.25, 0.3) is 5.91 Å². The fourth-order valence-electron chi connectivity index (χ4n) is 1.73. The second kappa shape index (κ2) is 7.01. The molecule has 0 radical (unpaired) electrons. The second-order valence-corrected chi connectivity index (χ2v) is 4.87. The molecule has 1 aromatic rings. The molecule has 0 atom stereocenters. The van der Waals surface area contributed by atoms with Crippen molar-refractivity contribution in [2.75, 3.05) is 32.9 Å². The quantitative estimate of drug-likeness (QED) is 0.838. The monoisotopic (exact) mass is 299 g/mol. The summed E-state index contributed by atoms with van der Waals surface area (Å²) in [5.41, 5.74) is 4.71. The van der Waals surface area contributed by atoms with Gasteiger partial charge in [-0.3, -0.25) is 9.59 Å². The summed E-state index contributed by atoms with van der Waals surface area (Å²) in [6.45, 7) is 1.95. The summed E-state index contributed by atoms with van der Waals surface area (Å²) < 4.78 is 26.9. The van der Waals surface area contributed by atoms with E-state index in [2.05, 4.69) is 0 Å². The predicted molar refractivity (Wildman–Crippen MR) is 75.7 cm³/mol. The highest BCUT2D eigenvalue weighted by molar-refractivity contribution is 5.97. The SMILES string of the molecule is CCCN(CC(=O)N(C)C)C(=O)c1cc(N)c(F)cc1F. The van der Waals surface area contributed by atoms with Crippen LogP contribution in [0.25, 0.3) is 0 Å². The predicted octanol–water partition coefficient (Wildman–Crippen LogP) is 1.49. The normalized spacial score (nSPS) is 10.3. The average Bonchev–Trinajstić information content (AvgIpc) is 2.41. The molecule has 2 N–H and O–H groups in total. The van der Waals surface area contributed by atoms with Crippen LogP contribution in [0.1, 0.15) is 23.7 Å². The lowest BCUT2D eigenvalue weighted by atomic mass is 10.1. The van der Waals surface area contributed by atoms with Crippen molar-refractivity contribution < 1.29 is 18.4 Å². The number of carbonyl (C=O) groups is 2. The third kappa shape index (κ3) is 4.14. The third-order valence-corrected chi connectivity index (χ3v) is 2.92. The van der Waals surface area contributed by atoms with E-state index in [9.17, 15) is 18.4 Å². The number of rotatable bonds is 5. The minimum absolute atomic E-state index is 0.170. The zero-order chi connectivity index (χ0) is 16.2. The fraction of sp³-hybridized carbons (Fsp3) is 0.429. The van der Waals surface area contributed by atoms with Crippen molar-refractivity contribution >= 4 is 17.5 Å². The molecule has 116 valence electrons. The maximum Gasteiger partial charge on any atom is 0.257 e. The lowest BCUT2D eigenvalue weighted by Crippen LogP contribution is -2.41. The largest absolute Gasteiger partial charge is 0.396 e. The van der Waals surface area contributed by atoms with Crippen LogP contribution in [0.2, 0.25) is 0 Å². The summed E-state index contributed by atoms with van der Waals surface area (Å²) in [6.07, 6.45) is 0.602. The summed E-state index contributed by atoms with van der Waals surface area (Å²) in [4.78, 5) is 26.6. The number of hydrogen-bond acceptors (Lipinski definition) is 3. The number of anilines is 1. The van der Waals surface area contributed by atoms with Crippen LogP contribution in [0, 0.1) is 11.6 Å². The van der Waals surface area contributed by atoms with E-state index in [1.54, 1.807) is 14.1 Å². The Hall–Kier alpha value is -2.18. The molecule has 0 aromatic heterocycles. The van der Waals surface area contributed by atoms with Gasteiger partial charge in [0.05, 0.1) is 11.3 Å². The summed E-state index contributed by atoms with van der Waals surface area (Å²) in [7, 11) is 3.13. The van der Waals surface area contributed by atoms with E-state index in [1.807, 2.05) is 6.92 Å². The minimum Gasteiger partial charge on any atom is -0.396 e. The van der Waals surface area contributed by atoms with Crippen LogP contribution in [0.4, 0.5) is 14.5 Å². The molecule has 0 heterocycles. The molecule has 0 bridgehead atoms. The van der Waals surface area contributed by atoms with Gasteiger partial charge in [-0.05, 0) is 12.5 Å². The first-order chi connectivity index (χ1) is 9.77. The number of benzene rings is 1. The fourth-order valence-corrected chi connectivity index (χ4v) is 1.73. The number of amides is 2. The van der Waals surface area contributed by atoms with E-state index in [0.29, 0.717) is 12.5 Å². The smallest absolute Gasteiger partial charge is 0.257 e. The Kier molecular flexibility index (Phi) is 5.63. The van der Waals surface area contributed by atoms with E-state index in [0.717, 1.165) is 6.07 Å². The van der Waals surface area contributed by atoms with Crippen LogP contribution < -0.4 is 5.73 Å². The molecule has 0 fully saturated rings. The highest BCUT2D eigenvalue weighted by atomic mass is 19.1. The van der Waals surface area contributed by atoms with Crippen molar-refractivity contribution in [3.63, 3.8) is 0 Å². The molecular formula is C14H19F2N3O2. The van der Waals surface area contributed by atoms with Crippen LogP contribution in [0.5, 0.6) is 0 Å². The first-order valence-electron chi connectivity index (χ1n) is 6.51. The zero-order valence-electron chi connectivity index (χ0n) is 12.3. The number of nitrogens with zero attached hydrogens (tertiary/aromatic N) is 2. The summed E-state index contributed by atoms with van der Waals surface area (Å²) in [5.74, 6) is -2.89. The van der Waals surface area contributed by atoms with E-state index in [-0.39, 0.29) is 30.2 Å². The molecule has 7 heteroatoms. The first kappa shape index (κ1) is 16.9. The Balaban J connectivity index is 3.06. The van der Waals surface area contributed by atoms with Crippen molar-refractivity contribution in [2.45, 2.75) is 13.3 Å². The van der Waals surface area contributed by atoms with Crippen LogP contribution in [-0.2, 0) is 4.79 Å². The van der Waals surface area contributed by atoms with Crippen molar-refractivity contribution in [1.29, 1.82) is 0 Å². The van der Waals surface area contributed by atoms with Gasteiger partial charge in [-0.25, -0.2) is 8.78 Å². The Morgan fingerprint density at radius 2 is 1.81 bits per heavy atom. The Bertz CT molecular complexity index is 547. The summed E-state index contributed by atoms with van der Waals surface area (Å²) >= 11 is 0. The molecule has 0 spiro atoms. The van der Waals surface area contributed by atoms with Gasteiger partial charge in [0.15, 0.2) is 0 Å². The molecular weight excluding hydrogens is 280 g/mol. The van der Waals surface area contributed by atoms with Crippen LogP contribution in [0.3, 0.4) is 0 Å². The van der Waals surface area contributed by atoms with Crippen LogP contribution >= 0.6 is 0 Å². The maximum absolute atomic E-state index is 13.7. The van der Waals surface area contributed by atoms with Crippen molar-refractivity contribution in [2.24, 2.45) is 0 Å². The highest BCUT2D eigenvalue weighted by Crippen LogP contribution is 2.18. The standard InChI is InChI=1S/C14H19F2N3O2/c1-4-5-19(8-13(20)18(2)3)14(21)9-6-12(17)11(16)7-10(9)15/h6-7H,4-5,8,17H2,1-3H3. The molecule has 2 amide bonds. The third-order valence-electron chi connectivity index (χ3n) is 2.92. The van der Waals surface area contributed by atoms with E-state index in [1.165, 1.54) is 9.80 Å². The molecule has 21 heavy (non-hydrogen) atoms. The van der Waals surface area contributed by atoms with Gasteiger partial charge in [-0.15, -0.1) is 0 Å². The molecule has 0 aliphatic heterocycles. The van der Waals surface area contributed by atoms with Gasteiger partial charge >= 0.3 is 0 Å². The number of likely N-dealkylation sites (N-methyl/N-ethyl adjacent to an activating group) is 1. The van der Waals surface area contributed by atoms with E-state index >= 15 is 0 Å². The topological polar surface area (TPSA) is 66.6 Å². The van der Waals surface area contributed by atoms with Crippen LogP contribution in [0.15, 0.2) is 12.1 Å². The molecule has 0 saturated carbocycles. The number of hydrogen-bond donors (Lipinski definition) is 1. The lowest BCUT2D eigenvalue weighted by Gasteiger charge is -2.23. The van der Waals surface area contributed by atoms with E-state index < -0.39 is 17.5 Å². The number of carbonyl (C=O) groups excluding carboxylic acids is 2. The van der Waals surface area contributed by atoms with Crippen LogP contribution in [-0.4, -0.2) is 48.8 Å². The maximum atomic E-state index is 13.7. The molecule has 0 unspecified atom stereocenters. The Morgan fingerprint density at radius 1 is 1.19 bits per heavy atom. The molecule has 1 rings (SSSR count). The van der Waals surface area contributed by atoms with Gasteiger partial charge in [-0.1, -0.05) is 6.92 Å². The Morgan fingerprint density at radius 3 is 2.33 bits per heavy atom. The molecule has 1 aromatic carbocycles.